The summed E-state index contributed by atoms with van der Waals surface area (Å²) in [6.07, 6.45) is 1.66. The van der Waals surface area contributed by atoms with Crippen LogP contribution >= 0.6 is 0 Å². The highest BCUT2D eigenvalue weighted by molar-refractivity contribution is 6.04. The fourth-order valence-corrected chi connectivity index (χ4v) is 5.46. The molecule has 1 unspecified atom stereocenters. The van der Waals surface area contributed by atoms with Gasteiger partial charge in [0.2, 0.25) is 17.7 Å². The van der Waals surface area contributed by atoms with Gasteiger partial charge in [-0.05, 0) is 66.3 Å². The summed E-state index contributed by atoms with van der Waals surface area (Å²) < 4.78 is 10.3. The molecule has 2 aliphatic heterocycles. The van der Waals surface area contributed by atoms with Crippen LogP contribution in [0.15, 0.2) is 48.5 Å². The number of carbonyl (C=O) groups excluding carboxylic acids is 3. The molecule has 0 bridgehead atoms. The van der Waals surface area contributed by atoms with Crippen LogP contribution in [0.2, 0.25) is 0 Å². The van der Waals surface area contributed by atoms with Crippen molar-refractivity contribution in [3.05, 3.63) is 59.7 Å². The maximum Gasteiger partial charge on any atom is 0.363 e. The van der Waals surface area contributed by atoms with Crippen LogP contribution < -0.4 is 19.7 Å². The van der Waals surface area contributed by atoms with Crippen LogP contribution in [-0.4, -0.2) is 88.3 Å². The Morgan fingerprint density at radius 2 is 1.73 bits per heavy atom. The number of carboxylic acid groups (broad SMARTS) is 2. The molecule has 13 nitrogen and oxygen atoms in total. The number of anilines is 1. The Morgan fingerprint density at radius 1 is 1.09 bits per heavy atom. The number of methoxy groups -OCH3 is 1. The van der Waals surface area contributed by atoms with Gasteiger partial charge in [-0.25, -0.2) is 9.59 Å². The molecule has 13 heteroatoms. The number of ether oxygens (including phenoxy) is 2. The van der Waals surface area contributed by atoms with Gasteiger partial charge in [-0.1, -0.05) is 26.8 Å². The van der Waals surface area contributed by atoms with Gasteiger partial charge in [-0.2, -0.15) is 0 Å². The standard InChI is InChI=1S/C32H37N3O10/c1-31(2,3)25(28(39)35-16-6-7-22(35)27(38)34(4)19-10-12-20(44-5)13-11-19)33-24(36)15-9-18-8-14-23-21(17-18)26(37)32(45-23,29(40)41)30(42)43/h8-15,17,22,25-26,37H,6-7,16H2,1-5H3,(H,33,36)(H,40,41)(H,42,43)/b15-9+/t22-,25+,26?/m0/s1. The molecule has 3 amide bonds. The van der Waals surface area contributed by atoms with Gasteiger partial charge in [0, 0.05) is 30.9 Å². The molecular weight excluding hydrogens is 586 g/mol. The molecule has 4 N–H and O–H groups in total. The summed E-state index contributed by atoms with van der Waals surface area (Å²) in [5.74, 6) is -4.42. The Morgan fingerprint density at radius 3 is 2.31 bits per heavy atom. The minimum absolute atomic E-state index is 0.0607. The lowest BCUT2D eigenvalue weighted by atomic mass is 9.85. The highest BCUT2D eigenvalue weighted by Gasteiger charge is 2.61. The zero-order valence-electron chi connectivity index (χ0n) is 25.6. The average Bonchev–Trinajstić information content (AvgIpc) is 3.61. The van der Waals surface area contributed by atoms with Crippen molar-refractivity contribution in [3.63, 3.8) is 0 Å². The molecule has 2 heterocycles. The molecule has 3 atom stereocenters. The number of hydrogen-bond donors (Lipinski definition) is 4. The molecule has 1 saturated heterocycles. The first-order valence-electron chi connectivity index (χ1n) is 14.3. The monoisotopic (exact) mass is 623 g/mol. The third-order valence-corrected chi connectivity index (χ3v) is 8.06. The van der Waals surface area contributed by atoms with E-state index in [1.165, 1.54) is 40.2 Å². The van der Waals surface area contributed by atoms with E-state index < -0.39 is 47.0 Å². The quantitative estimate of drug-likeness (QED) is 0.239. The van der Waals surface area contributed by atoms with E-state index in [4.69, 9.17) is 9.47 Å². The second kappa shape index (κ2) is 12.6. The van der Waals surface area contributed by atoms with Crippen molar-refractivity contribution in [1.82, 2.24) is 10.2 Å². The van der Waals surface area contributed by atoms with Crippen LogP contribution in [0, 0.1) is 5.41 Å². The summed E-state index contributed by atoms with van der Waals surface area (Å²) in [4.78, 5) is 66.8. The maximum absolute atomic E-state index is 13.9. The highest BCUT2D eigenvalue weighted by Crippen LogP contribution is 2.44. The zero-order valence-corrected chi connectivity index (χ0v) is 25.6. The van der Waals surface area contributed by atoms with E-state index in [2.05, 4.69) is 5.32 Å². The number of rotatable bonds is 9. The van der Waals surface area contributed by atoms with Gasteiger partial charge in [-0.3, -0.25) is 14.4 Å². The summed E-state index contributed by atoms with van der Waals surface area (Å²) >= 11 is 0. The number of nitrogens with zero attached hydrogens (tertiary/aromatic N) is 2. The fraction of sp³-hybridized carbons (Fsp3) is 0.406. The van der Waals surface area contributed by atoms with Gasteiger partial charge in [0.25, 0.3) is 0 Å². The lowest BCUT2D eigenvalue weighted by molar-refractivity contribution is -0.180. The Balaban J connectivity index is 1.48. The lowest BCUT2D eigenvalue weighted by Gasteiger charge is -2.36. The minimum atomic E-state index is -2.89. The maximum atomic E-state index is 13.9. The van der Waals surface area contributed by atoms with E-state index in [0.29, 0.717) is 36.4 Å². The molecule has 0 aromatic heterocycles. The van der Waals surface area contributed by atoms with Crippen molar-refractivity contribution in [2.75, 3.05) is 25.6 Å². The SMILES string of the molecule is COc1ccc(N(C)C(=O)[C@@H]2CCCN2C(=O)[C@@H](NC(=O)/C=C/c2ccc3c(c2)C(O)C(C(=O)O)(C(=O)O)O3)C(C)(C)C)cc1. The van der Waals surface area contributed by atoms with Gasteiger partial charge in [-0.15, -0.1) is 0 Å². The number of amides is 3. The number of aliphatic hydroxyl groups is 1. The van der Waals surface area contributed by atoms with Gasteiger partial charge in [0.05, 0.1) is 7.11 Å². The van der Waals surface area contributed by atoms with E-state index in [-0.39, 0.29) is 23.1 Å². The first-order valence-corrected chi connectivity index (χ1v) is 14.3. The second-order valence-electron chi connectivity index (χ2n) is 12.1. The Bertz CT molecular complexity index is 1510. The molecule has 2 aromatic carbocycles. The lowest BCUT2D eigenvalue weighted by Crippen LogP contribution is -2.57. The van der Waals surface area contributed by atoms with Crippen LogP contribution in [0.1, 0.15) is 50.8 Å². The number of carboxylic acids is 2. The third kappa shape index (κ3) is 6.34. The number of hydrogen-bond acceptors (Lipinski definition) is 8. The molecule has 4 rings (SSSR count). The number of carbonyl (C=O) groups is 5. The first kappa shape index (κ1) is 33.0. The molecular formula is C32H37N3O10. The number of likely N-dealkylation sites (tertiary alicyclic amines) is 1. The van der Waals surface area contributed by atoms with Gasteiger partial charge < -0.3 is 39.9 Å². The van der Waals surface area contributed by atoms with Crippen molar-refractivity contribution in [2.45, 2.75) is 57.4 Å². The van der Waals surface area contributed by atoms with Crippen molar-refractivity contribution in [2.24, 2.45) is 5.41 Å². The van der Waals surface area contributed by atoms with Gasteiger partial charge >= 0.3 is 17.5 Å². The van der Waals surface area contributed by atoms with E-state index in [0.717, 1.165) is 0 Å². The molecule has 1 fully saturated rings. The van der Waals surface area contributed by atoms with E-state index >= 15 is 0 Å². The molecule has 0 saturated carbocycles. The zero-order chi connectivity index (χ0) is 33.3. The molecule has 0 radical (unpaired) electrons. The summed E-state index contributed by atoms with van der Waals surface area (Å²) in [5.41, 5.74) is -2.67. The van der Waals surface area contributed by atoms with Gasteiger partial charge in [0.1, 0.15) is 29.7 Å². The number of nitrogens with one attached hydrogen (secondary N) is 1. The third-order valence-electron chi connectivity index (χ3n) is 8.06. The van der Waals surface area contributed by atoms with Crippen molar-refractivity contribution in [3.8, 4) is 11.5 Å². The van der Waals surface area contributed by atoms with E-state index in [1.807, 2.05) is 0 Å². The molecule has 45 heavy (non-hydrogen) atoms. The van der Waals surface area contributed by atoms with E-state index in [1.54, 1.807) is 59.2 Å². The largest absolute Gasteiger partial charge is 0.497 e. The van der Waals surface area contributed by atoms with Crippen molar-refractivity contribution in [1.29, 1.82) is 0 Å². The number of fused-ring (bicyclic) bond motifs is 1. The smallest absolute Gasteiger partial charge is 0.363 e. The molecule has 0 spiro atoms. The number of benzene rings is 2. The normalized spacial score (nSPS) is 19.4. The molecule has 240 valence electrons. The van der Waals surface area contributed by atoms with Gasteiger partial charge in [0.15, 0.2) is 0 Å². The highest BCUT2D eigenvalue weighted by atomic mass is 16.6. The Kier molecular flexibility index (Phi) is 9.24. The predicted molar refractivity (Wildman–Crippen MR) is 162 cm³/mol. The predicted octanol–water partition coefficient (Wildman–Crippen LogP) is 2.23. The van der Waals surface area contributed by atoms with Crippen LogP contribution in [0.25, 0.3) is 6.08 Å². The number of aliphatic hydroxyl groups excluding tert-OH is 1. The van der Waals surface area contributed by atoms with Crippen LogP contribution in [0.3, 0.4) is 0 Å². The molecule has 2 aromatic rings. The number of aliphatic carboxylic acids is 2. The van der Waals surface area contributed by atoms with Crippen molar-refractivity contribution >= 4 is 41.4 Å². The summed E-state index contributed by atoms with van der Waals surface area (Å²) in [5, 5.41) is 32.2. The topological polar surface area (TPSA) is 183 Å². The average molecular weight is 624 g/mol. The summed E-state index contributed by atoms with van der Waals surface area (Å²) in [6, 6.07) is 9.41. The fourth-order valence-electron chi connectivity index (χ4n) is 5.46. The first-order chi connectivity index (χ1) is 21.1. The Labute approximate surface area is 260 Å². The van der Waals surface area contributed by atoms with Crippen LogP contribution in [-0.2, 0) is 24.0 Å². The van der Waals surface area contributed by atoms with Crippen LogP contribution in [0.5, 0.6) is 11.5 Å². The summed E-state index contributed by atoms with van der Waals surface area (Å²) in [6.45, 7) is 5.76. The number of likely N-dealkylation sites (N-methyl/N-ethyl adjacent to an activating group) is 1. The minimum Gasteiger partial charge on any atom is -0.497 e. The van der Waals surface area contributed by atoms with E-state index in [9.17, 15) is 39.3 Å². The second-order valence-corrected chi connectivity index (χ2v) is 12.1. The molecule has 0 aliphatic carbocycles. The van der Waals surface area contributed by atoms with Crippen LogP contribution in [0.4, 0.5) is 5.69 Å². The Hall–Kier alpha value is -4.91. The van der Waals surface area contributed by atoms with Crippen molar-refractivity contribution < 1.29 is 48.8 Å². The molecule has 2 aliphatic rings. The summed E-state index contributed by atoms with van der Waals surface area (Å²) in [7, 11) is 3.20.